The van der Waals surface area contributed by atoms with E-state index in [4.69, 9.17) is 0 Å². The Labute approximate surface area is 216 Å². The summed E-state index contributed by atoms with van der Waals surface area (Å²) in [4.78, 5) is 25.9. The van der Waals surface area contributed by atoms with Crippen molar-refractivity contribution in [3.05, 3.63) is 70.4 Å². The second-order valence-corrected chi connectivity index (χ2v) is 9.35. The number of carbonyl (C=O) groups is 1. The maximum atomic E-state index is 13.2. The van der Waals surface area contributed by atoms with E-state index in [1.807, 2.05) is 55.5 Å². The molecule has 0 saturated carbocycles. The van der Waals surface area contributed by atoms with Crippen molar-refractivity contribution < 1.29 is 4.79 Å². The minimum atomic E-state index is -0.350. The molecule has 0 bridgehead atoms. The zero-order chi connectivity index (χ0) is 26.0. The highest BCUT2D eigenvalue weighted by Crippen LogP contribution is 2.29. The van der Waals surface area contributed by atoms with E-state index in [2.05, 4.69) is 32.6 Å². The quantitative estimate of drug-likeness (QED) is 0.249. The number of carbonyl (C=O) groups excluding carboxylic acids is 1. The SMILES string of the molecule is CCCCCCCc1nn(C(=O)CCCC)c(=O)n1Cc1ccc(-c2ccccc2-c2nnn[nH]2)cc1. The van der Waals surface area contributed by atoms with Gasteiger partial charge in [0.1, 0.15) is 5.82 Å². The Morgan fingerprint density at radius 3 is 2.32 bits per heavy atom. The highest BCUT2D eigenvalue weighted by molar-refractivity contribution is 5.80. The van der Waals surface area contributed by atoms with E-state index in [1.54, 1.807) is 4.57 Å². The smallest absolute Gasteiger partial charge is 0.274 e. The summed E-state index contributed by atoms with van der Waals surface area (Å²) >= 11 is 0. The lowest BCUT2D eigenvalue weighted by molar-refractivity contribution is 0.0878. The average Bonchev–Trinajstić information content (AvgIpc) is 3.57. The summed E-state index contributed by atoms with van der Waals surface area (Å²) in [7, 11) is 0. The van der Waals surface area contributed by atoms with Crippen LogP contribution in [-0.4, -0.2) is 40.9 Å². The van der Waals surface area contributed by atoms with Crippen LogP contribution in [0.3, 0.4) is 0 Å². The first kappa shape index (κ1) is 26.2. The topological polar surface area (TPSA) is 111 Å². The molecule has 0 unspecified atom stereocenters. The van der Waals surface area contributed by atoms with Crippen molar-refractivity contribution in [3.63, 3.8) is 0 Å². The Bertz CT molecular complexity index is 1340. The Kier molecular flexibility index (Phi) is 9.13. The summed E-state index contributed by atoms with van der Waals surface area (Å²) in [6.07, 6.45) is 8.26. The summed E-state index contributed by atoms with van der Waals surface area (Å²) in [6, 6.07) is 16.0. The molecule has 4 rings (SSSR count). The number of nitrogens with one attached hydrogen (secondary N) is 1. The van der Waals surface area contributed by atoms with Crippen molar-refractivity contribution in [2.24, 2.45) is 0 Å². The van der Waals surface area contributed by atoms with Crippen molar-refractivity contribution in [2.45, 2.75) is 78.2 Å². The maximum Gasteiger partial charge on any atom is 0.353 e. The molecule has 37 heavy (non-hydrogen) atoms. The normalized spacial score (nSPS) is 11.2. The van der Waals surface area contributed by atoms with Crippen molar-refractivity contribution in [1.82, 2.24) is 35.0 Å². The number of hydrogen-bond acceptors (Lipinski definition) is 6. The summed E-state index contributed by atoms with van der Waals surface area (Å²) in [5, 5.41) is 18.7. The molecule has 9 heteroatoms. The zero-order valence-electron chi connectivity index (χ0n) is 21.7. The number of rotatable bonds is 13. The van der Waals surface area contributed by atoms with E-state index >= 15 is 0 Å². The summed E-state index contributed by atoms with van der Waals surface area (Å²) in [5.41, 5.74) is 3.56. The van der Waals surface area contributed by atoms with Gasteiger partial charge in [0, 0.05) is 18.4 Å². The van der Waals surface area contributed by atoms with Crippen LogP contribution in [0, 0.1) is 0 Å². The van der Waals surface area contributed by atoms with Crippen LogP contribution in [0.1, 0.15) is 81.4 Å². The molecule has 2 aromatic carbocycles. The first-order valence-electron chi connectivity index (χ1n) is 13.3. The zero-order valence-corrected chi connectivity index (χ0v) is 21.7. The van der Waals surface area contributed by atoms with Gasteiger partial charge in [-0.15, -0.1) is 14.9 Å². The summed E-state index contributed by atoms with van der Waals surface area (Å²) in [6.45, 7) is 4.59. The van der Waals surface area contributed by atoms with Crippen LogP contribution in [0.4, 0.5) is 0 Å². The van der Waals surface area contributed by atoms with E-state index in [-0.39, 0.29) is 11.6 Å². The minimum Gasteiger partial charge on any atom is -0.274 e. The van der Waals surface area contributed by atoms with Gasteiger partial charge in [-0.1, -0.05) is 94.5 Å². The maximum absolute atomic E-state index is 13.2. The molecule has 0 atom stereocenters. The standard InChI is InChI=1S/C28H35N7O2/c1-3-5-7-8-9-14-25-31-35(26(36)15-6-4-2)28(37)34(25)20-21-16-18-22(19-17-21)23-12-10-11-13-24(23)27-29-32-33-30-27/h10-13,16-19H,3-9,14-15,20H2,1-2H3,(H,29,30,32,33). The lowest BCUT2D eigenvalue weighted by Crippen LogP contribution is -2.30. The molecule has 0 aliphatic carbocycles. The number of aromatic amines is 1. The molecule has 1 N–H and O–H groups in total. The summed E-state index contributed by atoms with van der Waals surface area (Å²) < 4.78 is 2.74. The lowest BCUT2D eigenvalue weighted by atomic mass is 9.98. The molecule has 0 aliphatic heterocycles. The molecule has 0 amide bonds. The molecular formula is C28H35N7O2. The van der Waals surface area contributed by atoms with Gasteiger partial charge in [0.2, 0.25) is 0 Å². The molecule has 0 saturated heterocycles. The predicted octanol–water partition coefficient (Wildman–Crippen LogP) is 5.28. The molecular weight excluding hydrogens is 466 g/mol. The monoisotopic (exact) mass is 501 g/mol. The van der Waals surface area contributed by atoms with Crippen molar-refractivity contribution in [3.8, 4) is 22.5 Å². The van der Waals surface area contributed by atoms with E-state index < -0.39 is 0 Å². The lowest BCUT2D eigenvalue weighted by Gasteiger charge is -2.09. The first-order valence-corrected chi connectivity index (χ1v) is 13.3. The third-order valence-corrected chi connectivity index (χ3v) is 6.56. The second-order valence-electron chi connectivity index (χ2n) is 9.35. The minimum absolute atomic E-state index is 0.230. The van der Waals surface area contributed by atoms with Gasteiger partial charge in [-0.25, -0.2) is 9.89 Å². The molecule has 4 aromatic rings. The molecule has 2 aromatic heterocycles. The number of unbranched alkanes of at least 4 members (excludes halogenated alkanes) is 5. The highest BCUT2D eigenvalue weighted by atomic mass is 16.2. The molecule has 0 aliphatic rings. The number of nitrogens with zero attached hydrogens (tertiary/aromatic N) is 6. The Morgan fingerprint density at radius 1 is 0.892 bits per heavy atom. The summed E-state index contributed by atoms with van der Waals surface area (Å²) in [5.74, 6) is 1.06. The van der Waals surface area contributed by atoms with E-state index in [9.17, 15) is 9.59 Å². The number of aryl methyl sites for hydroxylation is 1. The number of aromatic nitrogens is 7. The van der Waals surface area contributed by atoms with Crippen LogP contribution in [0.15, 0.2) is 53.3 Å². The average molecular weight is 502 g/mol. The number of hydrogen-bond donors (Lipinski definition) is 1. The number of H-pyrrole nitrogens is 1. The van der Waals surface area contributed by atoms with Gasteiger partial charge in [0.15, 0.2) is 5.82 Å². The molecule has 9 nitrogen and oxygen atoms in total. The van der Waals surface area contributed by atoms with Crippen LogP contribution in [-0.2, 0) is 13.0 Å². The number of tetrazole rings is 1. The van der Waals surface area contributed by atoms with Gasteiger partial charge in [0.25, 0.3) is 5.91 Å². The van der Waals surface area contributed by atoms with E-state index in [0.29, 0.717) is 31.0 Å². The first-order chi connectivity index (χ1) is 18.1. The molecule has 0 spiro atoms. The predicted molar refractivity (Wildman–Crippen MR) is 143 cm³/mol. The molecule has 194 valence electrons. The van der Waals surface area contributed by atoms with E-state index in [0.717, 1.165) is 52.6 Å². The largest absolute Gasteiger partial charge is 0.353 e. The molecule has 2 heterocycles. The fraction of sp³-hybridized carbons (Fsp3) is 0.429. The van der Waals surface area contributed by atoms with Crippen molar-refractivity contribution >= 4 is 5.91 Å². The Hall–Kier alpha value is -3.88. The molecule has 0 radical (unpaired) electrons. The van der Waals surface area contributed by atoms with Gasteiger partial charge >= 0.3 is 5.69 Å². The molecule has 0 fully saturated rings. The van der Waals surface area contributed by atoms with Crippen LogP contribution >= 0.6 is 0 Å². The highest BCUT2D eigenvalue weighted by Gasteiger charge is 2.18. The van der Waals surface area contributed by atoms with Gasteiger partial charge in [-0.3, -0.25) is 9.36 Å². The Balaban J connectivity index is 1.57. The van der Waals surface area contributed by atoms with Crippen LogP contribution in [0.2, 0.25) is 0 Å². The van der Waals surface area contributed by atoms with Gasteiger partial charge in [-0.2, -0.15) is 0 Å². The number of benzene rings is 2. The Morgan fingerprint density at radius 2 is 1.62 bits per heavy atom. The fourth-order valence-corrected chi connectivity index (χ4v) is 4.45. The fourth-order valence-electron chi connectivity index (χ4n) is 4.45. The van der Waals surface area contributed by atoms with E-state index in [1.165, 1.54) is 19.3 Å². The third kappa shape index (κ3) is 6.47. The van der Waals surface area contributed by atoms with Gasteiger partial charge < -0.3 is 0 Å². The van der Waals surface area contributed by atoms with Crippen LogP contribution in [0.25, 0.3) is 22.5 Å². The van der Waals surface area contributed by atoms with Gasteiger partial charge in [0.05, 0.1) is 6.54 Å². The third-order valence-electron chi connectivity index (χ3n) is 6.56. The van der Waals surface area contributed by atoms with Gasteiger partial charge in [-0.05, 0) is 40.0 Å². The second kappa shape index (κ2) is 12.9. The van der Waals surface area contributed by atoms with Crippen LogP contribution < -0.4 is 5.69 Å². The van der Waals surface area contributed by atoms with Crippen molar-refractivity contribution in [2.75, 3.05) is 0 Å². The van der Waals surface area contributed by atoms with Crippen LogP contribution in [0.5, 0.6) is 0 Å². The van der Waals surface area contributed by atoms with Crippen molar-refractivity contribution in [1.29, 1.82) is 0 Å².